The van der Waals surface area contributed by atoms with E-state index in [4.69, 9.17) is 22.1 Å². The SMILES string of the molecule is O=c1[nH]c(=S)c(CO)cn1C1CC[C@@H](O)O1. The van der Waals surface area contributed by atoms with E-state index in [0.29, 0.717) is 18.4 Å². The number of aromatic nitrogens is 2. The van der Waals surface area contributed by atoms with E-state index in [2.05, 4.69) is 4.98 Å². The third kappa shape index (κ3) is 2.07. The molecule has 1 aromatic rings. The Bertz CT molecular complexity index is 495. The lowest BCUT2D eigenvalue weighted by molar-refractivity contribution is -0.113. The lowest BCUT2D eigenvalue weighted by atomic mass is 10.3. The van der Waals surface area contributed by atoms with Gasteiger partial charge in [-0.25, -0.2) is 4.79 Å². The van der Waals surface area contributed by atoms with Crippen molar-refractivity contribution >= 4 is 12.2 Å². The summed E-state index contributed by atoms with van der Waals surface area (Å²) in [5, 5.41) is 18.3. The van der Waals surface area contributed by atoms with E-state index < -0.39 is 18.2 Å². The normalized spacial score (nSPS) is 24.9. The smallest absolute Gasteiger partial charge is 0.328 e. The van der Waals surface area contributed by atoms with Crippen LogP contribution in [0.1, 0.15) is 24.6 Å². The Morgan fingerprint density at radius 2 is 2.38 bits per heavy atom. The van der Waals surface area contributed by atoms with Crippen molar-refractivity contribution in [2.45, 2.75) is 32.0 Å². The van der Waals surface area contributed by atoms with Crippen molar-refractivity contribution in [3.05, 3.63) is 26.9 Å². The molecule has 7 heteroatoms. The van der Waals surface area contributed by atoms with Gasteiger partial charge in [-0.3, -0.25) is 9.55 Å². The Labute approximate surface area is 96.1 Å². The molecule has 0 radical (unpaired) electrons. The predicted molar refractivity (Wildman–Crippen MR) is 57.2 cm³/mol. The third-order valence-corrected chi connectivity index (χ3v) is 2.86. The fourth-order valence-electron chi connectivity index (χ4n) is 1.66. The van der Waals surface area contributed by atoms with Crippen molar-refractivity contribution in [3.63, 3.8) is 0 Å². The molecule has 2 rings (SSSR count). The van der Waals surface area contributed by atoms with Gasteiger partial charge >= 0.3 is 5.69 Å². The van der Waals surface area contributed by atoms with Gasteiger partial charge in [-0.2, -0.15) is 0 Å². The number of ether oxygens (including phenoxy) is 1. The van der Waals surface area contributed by atoms with E-state index in [1.807, 2.05) is 0 Å². The Kier molecular flexibility index (Phi) is 3.20. The van der Waals surface area contributed by atoms with Crippen molar-refractivity contribution in [2.75, 3.05) is 0 Å². The highest BCUT2D eigenvalue weighted by Crippen LogP contribution is 2.25. The minimum Gasteiger partial charge on any atom is -0.392 e. The molecule has 1 fully saturated rings. The molecule has 0 saturated carbocycles. The standard InChI is InChI=1S/C9H12N2O4S/c12-4-5-3-11(9(14)10-8(5)16)6-1-2-7(13)15-6/h3,6-7,12-13H,1-2,4H2,(H,10,14,16)/t6?,7-/m0/s1. The number of hydrogen-bond donors (Lipinski definition) is 3. The molecule has 88 valence electrons. The number of aliphatic hydroxyl groups is 2. The van der Waals surface area contributed by atoms with Crippen molar-refractivity contribution < 1.29 is 14.9 Å². The summed E-state index contributed by atoms with van der Waals surface area (Å²) in [6, 6.07) is 0. The van der Waals surface area contributed by atoms with Crippen LogP contribution in [-0.2, 0) is 11.3 Å². The van der Waals surface area contributed by atoms with Gasteiger partial charge in [0.1, 0.15) is 10.9 Å². The van der Waals surface area contributed by atoms with Crippen LogP contribution in [0.2, 0.25) is 0 Å². The molecule has 1 saturated heterocycles. The average Bonchev–Trinajstić information content (AvgIpc) is 2.65. The molecular formula is C9H12N2O4S. The zero-order chi connectivity index (χ0) is 11.7. The average molecular weight is 244 g/mol. The van der Waals surface area contributed by atoms with Crippen molar-refractivity contribution in [3.8, 4) is 0 Å². The maximum atomic E-state index is 11.6. The third-order valence-electron chi connectivity index (χ3n) is 2.50. The molecule has 6 nitrogen and oxygen atoms in total. The van der Waals surface area contributed by atoms with Crippen LogP contribution in [-0.4, -0.2) is 26.1 Å². The number of nitrogens with one attached hydrogen (secondary N) is 1. The lowest BCUT2D eigenvalue weighted by Gasteiger charge is -2.14. The van der Waals surface area contributed by atoms with Crippen LogP contribution in [0.4, 0.5) is 0 Å². The molecule has 1 unspecified atom stereocenters. The van der Waals surface area contributed by atoms with E-state index in [1.54, 1.807) is 0 Å². The number of aliphatic hydroxyl groups excluding tert-OH is 2. The van der Waals surface area contributed by atoms with E-state index in [1.165, 1.54) is 10.8 Å². The highest BCUT2D eigenvalue weighted by atomic mass is 32.1. The van der Waals surface area contributed by atoms with Gasteiger partial charge in [0.15, 0.2) is 6.29 Å². The van der Waals surface area contributed by atoms with E-state index >= 15 is 0 Å². The maximum absolute atomic E-state index is 11.6. The Morgan fingerprint density at radius 3 is 2.94 bits per heavy atom. The number of hydrogen-bond acceptors (Lipinski definition) is 5. The van der Waals surface area contributed by atoms with Crippen LogP contribution in [0, 0.1) is 4.64 Å². The molecule has 0 aromatic carbocycles. The first-order valence-corrected chi connectivity index (χ1v) is 5.31. The molecule has 16 heavy (non-hydrogen) atoms. The molecule has 0 bridgehead atoms. The van der Waals surface area contributed by atoms with E-state index in [0.717, 1.165) is 0 Å². The summed E-state index contributed by atoms with van der Waals surface area (Å²) in [6.45, 7) is -0.245. The molecule has 1 aliphatic rings. The first kappa shape index (κ1) is 11.5. The largest absolute Gasteiger partial charge is 0.392 e. The number of rotatable bonds is 2. The minimum absolute atomic E-state index is 0.224. The van der Waals surface area contributed by atoms with Crippen molar-refractivity contribution in [1.29, 1.82) is 0 Å². The second kappa shape index (κ2) is 4.46. The zero-order valence-corrected chi connectivity index (χ0v) is 9.24. The molecule has 0 spiro atoms. The Hall–Kier alpha value is -1.02. The number of aromatic amines is 1. The van der Waals surface area contributed by atoms with Crippen LogP contribution < -0.4 is 5.69 Å². The van der Waals surface area contributed by atoms with Gasteiger partial charge in [0.2, 0.25) is 0 Å². The van der Waals surface area contributed by atoms with Crippen LogP contribution in [0.3, 0.4) is 0 Å². The minimum atomic E-state index is -0.836. The molecule has 2 heterocycles. The summed E-state index contributed by atoms with van der Waals surface area (Å²) in [4.78, 5) is 14.0. The summed E-state index contributed by atoms with van der Waals surface area (Å²) in [5.41, 5.74) is 0.0564. The second-order valence-electron chi connectivity index (χ2n) is 3.60. The van der Waals surface area contributed by atoms with Gasteiger partial charge in [0.25, 0.3) is 0 Å². The van der Waals surface area contributed by atoms with Crippen LogP contribution >= 0.6 is 12.2 Å². The quantitative estimate of drug-likeness (QED) is 0.639. The molecular weight excluding hydrogens is 232 g/mol. The molecule has 1 aliphatic heterocycles. The van der Waals surface area contributed by atoms with Gasteiger partial charge < -0.3 is 14.9 Å². The second-order valence-corrected chi connectivity index (χ2v) is 4.01. The summed E-state index contributed by atoms with van der Waals surface area (Å²) < 4.78 is 6.68. The highest BCUT2D eigenvalue weighted by Gasteiger charge is 2.25. The fraction of sp³-hybridized carbons (Fsp3) is 0.556. The van der Waals surface area contributed by atoms with E-state index in [-0.39, 0.29) is 11.2 Å². The summed E-state index contributed by atoms with van der Waals surface area (Å²) in [6.07, 6.45) is 1.17. The van der Waals surface area contributed by atoms with Gasteiger partial charge in [0, 0.05) is 18.2 Å². The van der Waals surface area contributed by atoms with Gasteiger partial charge in [-0.05, 0) is 6.42 Å². The summed E-state index contributed by atoms with van der Waals surface area (Å²) in [5.74, 6) is 0. The highest BCUT2D eigenvalue weighted by molar-refractivity contribution is 7.71. The molecule has 0 amide bonds. The van der Waals surface area contributed by atoms with Crippen LogP contribution in [0.15, 0.2) is 11.0 Å². The first-order chi connectivity index (χ1) is 7.61. The van der Waals surface area contributed by atoms with E-state index in [9.17, 15) is 9.90 Å². The molecule has 3 N–H and O–H groups in total. The predicted octanol–water partition coefficient (Wildman–Crippen LogP) is 0.0256. The molecule has 0 aliphatic carbocycles. The van der Waals surface area contributed by atoms with Gasteiger partial charge in [0.05, 0.1) is 6.61 Å². The van der Waals surface area contributed by atoms with Crippen molar-refractivity contribution in [2.24, 2.45) is 0 Å². The Morgan fingerprint density at radius 1 is 1.62 bits per heavy atom. The Balaban J connectivity index is 2.41. The number of H-pyrrole nitrogens is 1. The topological polar surface area (TPSA) is 87.5 Å². The van der Waals surface area contributed by atoms with Gasteiger partial charge in [-0.1, -0.05) is 12.2 Å². The van der Waals surface area contributed by atoms with Gasteiger partial charge in [-0.15, -0.1) is 0 Å². The summed E-state index contributed by atoms with van der Waals surface area (Å²) >= 11 is 4.88. The fourth-order valence-corrected chi connectivity index (χ4v) is 1.87. The molecule has 1 aromatic heterocycles. The van der Waals surface area contributed by atoms with Crippen LogP contribution in [0.25, 0.3) is 0 Å². The first-order valence-electron chi connectivity index (χ1n) is 4.90. The molecule has 2 atom stereocenters. The van der Waals surface area contributed by atoms with Crippen LogP contribution in [0.5, 0.6) is 0 Å². The maximum Gasteiger partial charge on any atom is 0.328 e. The summed E-state index contributed by atoms with van der Waals surface area (Å²) in [7, 11) is 0. The number of nitrogens with zero attached hydrogens (tertiary/aromatic N) is 1. The zero-order valence-electron chi connectivity index (χ0n) is 8.42. The van der Waals surface area contributed by atoms with Crippen molar-refractivity contribution in [1.82, 2.24) is 9.55 Å². The monoisotopic (exact) mass is 244 g/mol. The lowest BCUT2D eigenvalue weighted by Crippen LogP contribution is -2.27.